The molecule has 14 aromatic carbocycles. The van der Waals surface area contributed by atoms with Crippen LogP contribution in [-0.2, 0) is 9.31 Å². The van der Waals surface area contributed by atoms with Crippen molar-refractivity contribution in [2.24, 2.45) is 0 Å². The summed E-state index contributed by atoms with van der Waals surface area (Å²) in [7, 11) is -0.425. The van der Waals surface area contributed by atoms with Crippen molar-refractivity contribution in [3.05, 3.63) is 386 Å². The second-order valence-electron chi connectivity index (χ2n) is 31.5. The van der Waals surface area contributed by atoms with Gasteiger partial charge in [0.05, 0.1) is 22.2 Å². The lowest BCUT2D eigenvalue weighted by molar-refractivity contribution is 0.00578. The molecule has 10 heterocycles. The molecular formula is C106H75BBr6N8O3S2. The molecule has 614 valence electrons. The van der Waals surface area contributed by atoms with E-state index in [1.807, 2.05) is 101 Å². The van der Waals surface area contributed by atoms with Crippen LogP contribution in [-0.4, -0.2) is 62.6 Å². The molecule has 0 saturated carbocycles. The topological polar surface area (TPSA) is 126 Å². The number of nitrogens with zero attached hydrogens (tertiary/aromatic N) is 7. The molecule has 0 amide bonds. The third-order valence-electron chi connectivity index (χ3n) is 23.2. The van der Waals surface area contributed by atoms with Gasteiger partial charge in [0.15, 0.2) is 5.78 Å². The van der Waals surface area contributed by atoms with Crippen molar-refractivity contribution in [3.63, 3.8) is 0 Å². The number of hydrogen-bond acceptors (Lipinski definition) is 10. The van der Waals surface area contributed by atoms with Crippen molar-refractivity contribution in [1.29, 1.82) is 0 Å². The summed E-state index contributed by atoms with van der Waals surface area (Å²) in [6, 6.07) is 114. The van der Waals surface area contributed by atoms with Gasteiger partial charge in [-0.25, -0.2) is 19.9 Å². The number of aromatic nitrogens is 7. The van der Waals surface area contributed by atoms with Crippen molar-refractivity contribution in [2.45, 2.75) is 38.9 Å². The first kappa shape index (κ1) is 84.1. The number of pyridine rings is 4. The molecule has 1 saturated heterocycles. The summed E-state index contributed by atoms with van der Waals surface area (Å²) in [6.45, 7) is 8.45. The molecule has 2 N–H and O–H groups in total. The Bertz CT molecular complexity index is 7980. The number of ketones is 1. The number of thiophene rings is 2. The Morgan fingerprint density at radius 1 is 0.397 bits per heavy atom. The Morgan fingerprint density at radius 3 is 1.33 bits per heavy atom. The third-order valence-corrected chi connectivity index (χ3v) is 28.9. The third kappa shape index (κ3) is 16.4. The van der Waals surface area contributed by atoms with Crippen molar-refractivity contribution < 1.29 is 14.1 Å². The highest BCUT2D eigenvalue weighted by atomic mass is 79.9. The second kappa shape index (κ2) is 35.8. The molecular weight excluding hydrogens is 1990 g/mol. The maximum absolute atomic E-state index is 11.3. The van der Waals surface area contributed by atoms with Gasteiger partial charge >= 0.3 is 7.12 Å². The van der Waals surface area contributed by atoms with E-state index < -0.39 is 18.3 Å². The molecule has 0 bridgehead atoms. The lowest BCUT2D eigenvalue weighted by Crippen LogP contribution is -2.41. The average molecular weight is 2060 g/mol. The zero-order valence-corrected chi connectivity index (χ0v) is 79.5. The maximum atomic E-state index is 11.3. The molecule has 23 aromatic rings. The van der Waals surface area contributed by atoms with Crippen molar-refractivity contribution in [1.82, 2.24) is 33.1 Å². The van der Waals surface area contributed by atoms with Gasteiger partial charge in [-0.05, 0) is 246 Å². The minimum Gasteiger partial charge on any atom is -0.399 e. The molecule has 11 nitrogen and oxygen atoms in total. The number of anilines is 1. The van der Waals surface area contributed by atoms with E-state index >= 15 is 0 Å². The normalized spacial score (nSPS) is 12.8. The van der Waals surface area contributed by atoms with Crippen LogP contribution in [0, 0.1) is 0 Å². The van der Waals surface area contributed by atoms with Crippen molar-refractivity contribution in [3.8, 4) is 44.6 Å². The van der Waals surface area contributed by atoms with Crippen molar-refractivity contribution in [2.75, 3.05) is 11.1 Å². The van der Waals surface area contributed by atoms with Crippen LogP contribution in [0.1, 0.15) is 38.1 Å². The number of Topliss-reactive ketones (excluding diaryl/α,β-unsaturated/α-hetero) is 1. The van der Waals surface area contributed by atoms with Crippen LogP contribution in [0.25, 0.3) is 167 Å². The summed E-state index contributed by atoms with van der Waals surface area (Å²) in [5.41, 5.74) is 21.0. The maximum Gasteiger partial charge on any atom is 0.496 e. The lowest BCUT2D eigenvalue weighted by Gasteiger charge is -2.32. The van der Waals surface area contributed by atoms with Gasteiger partial charge in [0.25, 0.3) is 0 Å². The molecule has 1 fully saturated rings. The molecule has 126 heavy (non-hydrogen) atoms. The van der Waals surface area contributed by atoms with Gasteiger partial charge in [0.1, 0.15) is 43.5 Å². The zero-order valence-electron chi connectivity index (χ0n) is 68.4. The molecule has 0 unspecified atom stereocenters. The van der Waals surface area contributed by atoms with E-state index in [9.17, 15) is 4.79 Å². The fraction of sp³-hybridized carbons (Fsp3) is 0.0660. The smallest absolute Gasteiger partial charge is 0.399 e. The number of carbonyl (C=O) groups is 1. The van der Waals surface area contributed by atoms with Gasteiger partial charge in [-0.15, -0.1) is 22.7 Å². The van der Waals surface area contributed by atoms with E-state index in [-0.39, 0.29) is 5.78 Å². The predicted molar refractivity (Wildman–Crippen MR) is 552 cm³/mol. The summed E-state index contributed by atoms with van der Waals surface area (Å²) in [5, 5.41) is 17.7. The highest BCUT2D eigenvalue weighted by Gasteiger charge is 2.52. The number of halogens is 6. The zero-order chi connectivity index (χ0) is 86.5. The molecule has 0 radical (unpaired) electrons. The number of nitrogens with two attached hydrogens (primary N) is 1. The van der Waals surface area contributed by atoms with Gasteiger partial charge in [-0.2, -0.15) is 0 Å². The molecule has 1 aliphatic rings. The number of imidazole rings is 3. The lowest BCUT2D eigenvalue weighted by atomic mass is 9.71. The van der Waals surface area contributed by atoms with Crippen LogP contribution in [0.4, 0.5) is 5.82 Å². The van der Waals surface area contributed by atoms with Gasteiger partial charge in [0, 0.05) is 84.6 Å². The fourth-order valence-electron chi connectivity index (χ4n) is 16.6. The molecule has 1 aliphatic heterocycles. The van der Waals surface area contributed by atoms with E-state index in [2.05, 4.69) is 397 Å². The molecule has 0 spiro atoms. The Morgan fingerprint density at radius 2 is 0.825 bits per heavy atom. The van der Waals surface area contributed by atoms with Gasteiger partial charge in [-0.1, -0.05) is 308 Å². The van der Waals surface area contributed by atoms with E-state index in [1.54, 1.807) is 29.7 Å². The largest absolute Gasteiger partial charge is 0.496 e. The van der Waals surface area contributed by atoms with E-state index in [1.165, 1.54) is 128 Å². The van der Waals surface area contributed by atoms with E-state index in [4.69, 9.17) is 25.0 Å². The van der Waals surface area contributed by atoms with Crippen LogP contribution in [0.3, 0.4) is 0 Å². The van der Waals surface area contributed by atoms with Crippen LogP contribution < -0.4 is 11.2 Å². The monoisotopic (exact) mass is 2060 g/mol. The first-order valence-corrected chi connectivity index (χ1v) is 47.6. The molecule has 0 aliphatic carbocycles. The predicted octanol–water partition coefficient (Wildman–Crippen LogP) is 31.1. The van der Waals surface area contributed by atoms with Crippen LogP contribution in [0.5, 0.6) is 0 Å². The van der Waals surface area contributed by atoms with Gasteiger partial charge < -0.3 is 19.4 Å². The molecule has 0 atom stereocenters. The van der Waals surface area contributed by atoms with Crippen LogP contribution in [0.15, 0.2) is 381 Å². The van der Waals surface area contributed by atoms with E-state index in [0.717, 1.165) is 67.1 Å². The summed E-state index contributed by atoms with van der Waals surface area (Å²) < 4.78 is 27.0. The first-order valence-electron chi connectivity index (χ1n) is 40.9. The average Bonchev–Trinajstić information content (AvgIpc) is 1.13. The summed E-state index contributed by atoms with van der Waals surface area (Å²) in [5.74, 6) is 0.644. The number of hydrogen-bond donors (Lipinski definition) is 1. The van der Waals surface area contributed by atoms with E-state index in [0.29, 0.717) is 16.7 Å². The Kier molecular flexibility index (Phi) is 23.9. The molecule has 9 aromatic heterocycles. The number of alkyl halides is 1. The molecule has 20 heteroatoms. The quantitative estimate of drug-likeness (QED) is 0.0724. The SMILES string of the molecule is Brc1ccc(Br)c(-c2cn3ccccc3n2)c1.Brc1ccc2sc3c(nc4ccccn43)c2c1.CC1(C)OB(c2c3ccccc3c(-c3cccc4ccccc34)c3ccccc23)OC1(C)C.Nc1ccccn1.O=C(CBr)c1cc(Br)ccc1Br.c1ccc2c(-c3c4ccccc4c(-c4ccc5sc6c(nc7ccccn76)c5c4)c4ccccc34)cccc2c1. The van der Waals surface area contributed by atoms with Gasteiger partial charge in [0.2, 0.25) is 0 Å². The number of rotatable bonds is 7. The minimum absolute atomic E-state index is 0.0724. The summed E-state index contributed by atoms with van der Waals surface area (Å²) in [4.78, 5) is 31.8. The van der Waals surface area contributed by atoms with Gasteiger partial charge in [-0.3, -0.25) is 13.6 Å². The number of fused-ring (bicyclic) bond motifs is 17. The Labute approximate surface area is 785 Å². The Hall–Kier alpha value is -11.4. The number of carbonyl (C=O) groups excluding carboxylic acids is 1. The highest BCUT2D eigenvalue weighted by Crippen LogP contribution is 2.49. The van der Waals surface area contributed by atoms with Crippen molar-refractivity contribution >= 4 is 265 Å². The number of nitrogen functional groups attached to an aromatic ring is 1. The Balaban J connectivity index is 0.000000107. The fourth-order valence-corrected chi connectivity index (χ4v) is 21.2. The van der Waals surface area contributed by atoms with Crippen LogP contribution in [0.2, 0.25) is 0 Å². The summed E-state index contributed by atoms with van der Waals surface area (Å²) in [6.07, 6.45) is 9.86. The standard InChI is InChI=1S/C37H22N2S.C30H27BO2.C13H8Br2N2.C13H7BrN2S.C8H5Br3O.C5H6N2/c1-2-12-25-23(10-1)11-9-17-26(25)35-29-15-5-3-13-27(29)34(28-14-4-6-16-30(28)35)24-19-20-32-31(22-24)36-37(40-32)39-21-8-7-18-33(39)38-36;1-29(2)30(3,4)33-31(32-29)28-25-17-9-7-15-23(25)27(24-16-8-10-18-26(24)28)22-19-11-13-20-12-5-6-14-21(20)22;14-9-4-5-11(15)10(7-9)12-8-17-6-2-1-3-13(17)16-12;14-8-4-5-10-9(7-8)12-13(17-10)16-6-2-1-3-11(16)15-12;9-4-8(12)6-3-5(10)1-2-7(6)11;6-5-3-1-2-4-7-5/h1-22H;5-19H,1-4H3;1-8H;1-7H;1-3H,4H2;1-4H,(H2,6,7). The highest BCUT2D eigenvalue weighted by molar-refractivity contribution is 9.11. The summed E-state index contributed by atoms with van der Waals surface area (Å²) >= 11 is 23.9. The minimum atomic E-state index is -0.425. The second-order valence-corrected chi connectivity index (χ2v) is 38.5. The number of benzene rings is 14. The van der Waals surface area contributed by atoms with Crippen LogP contribution >= 0.6 is 118 Å². The first-order chi connectivity index (χ1) is 61.3. The molecule has 24 rings (SSSR count).